The first-order valence-electron chi connectivity index (χ1n) is 6.51. The molecule has 1 atom stereocenters. The van der Waals surface area contributed by atoms with Gasteiger partial charge in [0.05, 0.1) is 13.2 Å². The fraction of sp³-hybridized carbons (Fsp3) is 0.429. The number of ether oxygens (including phenoxy) is 1. The van der Waals surface area contributed by atoms with Crippen molar-refractivity contribution in [1.29, 1.82) is 0 Å². The van der Waals surface area contributed by atoms with Crippen LogP contribution in [0, 0.1) is 5.82 Å². The van der Waals surface area contributed by atoms with Crippen molar-refractivity contribution in [3.05, 3.63) is 40.7 Å². The Balaban J connectivity index is 1.99. The standard InChI is InChI=1S/C14H18FN3OS/c1-4-19-14-17-16-13(20-14)9-18(3)10(2)11-5-7-12(15)8-6-11/h5-8,10H,4,9H2,1-3H3/t10-/m0/s1. The summed E-state index contributed by atoms with van der Waals surface area (Å²) in [6.07, 6.45) is 0. The molecule has 0 saturated carbocycles. The molecule has 1 aromatic carbocycles. The molecular weight excluding hydrogens is 277 g/mol. The predicted molar refractivity (Wildman–Crippen MR) is 77.4 cm³/mol. The monoisotopic (exact) mass is 295 g/mol. The quantitative estimate of drug-likeness (QED) is 0.820. The number of halogens is 1. The molecule has 0 aliphatic carbocycles. The maximum atomic E-state index is 12.9. The lowest BCUT2D eigenvalue weighted by Crippen LogP contribution is -2.21. The maximum Gasteiger partial charge on any atom is 0.294 e. The lowest BCUT2D eigenvalue weighted by Gasteiger charge is -2.23. The van der Waals surface area contributed by atoms with E-state index in [1.165, 1.54) is 23.5 Å². The van der Waals surface area contributed by atoms with E-state index in [0.29, 0.717) is 18.3 Å². The van der Waals surface area contributed by atoms with Gasteiger partial charge in [-0.25, -0.2) is 4.39 Å². The number of rotatable bonds is 6. The zero-order chi connectivity index (χ0) is 14.5. The number of aromatic nitrogens is 2. The molecule has 0 fully saturated rings. The van der Waals surface area contributed by atoms with Crippen LogP contribution in [0.25, 0.3) is 0 Å². The summed E-state index contributed by atoms with van der Waals surface area (Å²) in [5, 5.41) is 9.59. The van der Waals surface area contributed by atoms with Gasteiger partial charge < -0.3 is 4.74 Å². The highest BCUT2D eigenvalue weighted by Gasteiger charge is 2.14. The van der Waals surface area contributed by atoms with Gasteiger partial charge >= 0.3 is 0 Å². The summed E-state index contributed by atoms with van der Waals surface area (Å²) in [5.41, 5.74) is 1.07. The van der Waals surface area contributed by atoms with Crippen LogP contribution in [-0.2, 0) is 6.54 Å². The molecule has 0 radical (unpaired) electrons. The van der Waals surface area contributed by atoms with Gasteiger partial charge in [-0.15, -0.1) is 10.2 Å². The second-order valence-corrected chi connectivity index (χ2v) is 5.56. The van der Waals surface area contributed by atoms with E-state index in [9.17, 15) is 4.39 Å². The van der Waals surface area contributed by atoms with Crippen molar-refractivity contribution in [3.63, 3.8) is 0 Å². The van der Waals surface area contributed by atoms with Crippen molar-refractivity contribution in [1.82, 2.24) is 15.1 Å². The molecule has 0 unspecified atom stereocenters. The predicted octanol–water partition coefficient (Wildman–Crippen LogP) is 3.27. The van der Waals surface area contributed by atoms with E-state index in [2.05, 4.69) is 22.0 Å². The molecule has 1 heterocycles. The highest BCUT2D eigenvalue weighted by Crippen LogP contribution is 2.24. The highest BCUT2D eigenvalue weighted by molar-refractivity contribution is 7.13. The minimum atomic E-state index is -0.214. The van der Waals surface area contributed by atoms with Crippen molar-refractivity contribution < 1.29 is 9.13 Å². The summed E-state index contributed by atoms with van der Waals surface area (Å²) in [6.45, 7) is 5.28. The van der Waals surface area contributed by atoms with Gasteiger partial charge in [0.2, 0.25) is 0 Å². The van der Waals surface area contributed by atoms with E-state index < -0.39 is 0 Å². The van der Waals surface area contributed by atoms with Crippen LogP contribution in [0.2, 0.25) is 0 Å². The highest BCUT2D eigenvalue weighted by atomic mass is 32.1. The Labute approximate surface area is 122 Å². The van der Waals surface area contributed by atoms with Gasteiger partial charge in [-0.3, -0.25) is 4.90 Å². The van der Waals surface area contributed by atoms with Crippen LogP contribution in [0.3, 0.4) is 0 Å². The molecule has 6 heteroatoms. The second kappa shape index (κ2) is 6.76. The van der Waals surface area contributed by atoms with E-state index in [-0.39, 0.29) is 11.9 Å². The van der Waals surface area contributed by atoms with E-state index in [1.807, 2.05) is 26.1 Å². The van der Waals surface area contributed by atoms with E-state index in [4.69, 9.17) is 4.74 Å². The minimum Gasteiger partial charge on any atom is -0.469 e. The topological polar surface area (TPSA) is 38.3 Å². The van der Waals surface area contributed by atoms with E-state index >= 15 is 0 Å². The van der Waals surface area contributed by atoms with Crippen molar-refractivity contribution in [2.45, 2.75) is 26.4 Å². The number of hydrogen-bond donors (Lipinski definition) is 0. The van der Waals surface area contributed by atoms with Gasteiger partial charge in [-0.1, -0.05) is 23.5 Å². The van der Waals surface area contributed by atoms with Crippen LogP contribution in [0.15, 0.2) is 24.3 Å². The first-order valence-corrected chi connectivity index (χ1v) is 7.32. The average Bonchev–Trinajstić information content (AvgIpc) is 2.86. The number of nitrogens with zero attached hydrogens (tertiary/aromatic N) is 3. The van der Waals surface area contributed by atoms with Crippen molar-refractivity contribution in [2.24, 2.45) is 0 Å². The summed E-state index contributed by atoms with van der Waals surface area (Å²) < 4.78 is 18.2. The fourth-order valence-electron chi connectivity index (χ4n) is 1.83. The maximum absolute atomic E-state index is 12.9. The van der Waals surface area contributed by atoms with Crippen molar-refractivity contribution in [2.75, 3.05) is 13.7 Å². The summed E-state index contributed by atoms with van der Waals surface area (Å²) in [5.74, 6) is -0.214. The van der Waals surface area contributed by atoms with Gasteiger partial charge in [-0.05, 0) is 38.6 Å². The lowest BCUT2D eigenvalue weighted by atomic mass is 10.1. The second-order valence-electron chi connectivity index (χ2n) is 4.54. The zero-order valence-electron chi connectivity index (χ0n) is 11.8. The van der Waals surface area contributed by atoms with Crippen molar-refractivity contribution >= 4 is 11.3 Å². The first-order chi connectivity index (χ1) is 9.60. The molecule has 0 bridgehead atoms. The van der Waals surface area contributed by atoms with Crippen molar-refractivity contribution in [3.8, 4) is 5.19 Å². The molecule has 0 saturated heterocycles. The van der Waals surface area contributed by atoms with Crippen LogP contribution >= 0.6 is 11.3 Å². The Kier molecular flexibility index (Phi) is 5.03. The Morgan fingerprint density at radius 3 is 2.65 bits per heavy atom. The Hall–Kier alpha value is -1.53. The van der Waals surface area contributed by atoms with Gasteiger partial charge in [0.15, 0.2) is 0 Å². The average molecular weight is 295 g/mol. The number of hydrogen-bond acceptors (Lipinski definition) is 5. The Morgan fingerprint density at radius 1 is 1.30 bits per heavy atom. The molecule has 2 rings (SSSR count). The summed E-state index contributed by atoms with van der Waals surface area (Å²) >= 11 is 1.45. The summed E-state index contributed by atoms with van der Waals surface area (Å²) in [4.78, 5) is 2.14. The first kappa shape index (κ1) is 14.9. The van der Waals surface area contributed by atoms with Gasteiger partial charge in [0, 0.05) is 6.04 Å². The van der Waals surface area contributed by atoms with Crippen LogP contribution in [0.5, 0.6) is 5.19 Å². The molecule has 20 heavy (non-hydrogen) atoms. The Morgan fingerprint density at radius 2 is 2.00 bits per heavy atom. The third-order valence-electron chi connectivity index (χ3n) is 3.11. The molecule has 0 aliphatic heterocycles. The van der Waals surface area contributed by atoms with Crippen LogP contribution in [0.1, 0.15) is 30.5 Å². The third kappa shape index (κ3) is 3.74. The zero-order valence-corrected chi connectivity index (χ0v) is 12.7. The molecular formula is C14H18FN3OS. The molecule has 0 aliphatic rings. The van der Waals surface area contributed by atoms with Crippen LogP contribution in [-0.4, -0.2) is 28.8 Å². The Bertz CT molecular complexity index is 544. The molecule has 108 valence electrons. The smallest absolute Gasteiger partial charge is 0.294 e. The third-order valence-corrected chi connectivity index (χ3v) is 3.93. The van der Waals surface area contributed by atoms with Gasteiger partial charge in [0.25, 0.3) is 5.19 Å². The SMILES string of the molecule is CCOc1nnc(CN(C)[C@@H](C)c2ccc(F)cc2)s1. The number of benzene rings is 1. The largest absolute Gasteiger partial charge is 0.469 e. The van der Waals surface area contributed by atoms with E-state index in [1.54, 1.807) is 0 Å². The molecule has 2 aromatic rings. The van der Waals surface area contributed by atoms with Gasteiger partial charge in [-0.2, -0.15) is 0 Å². The van der Waals surface area contributed by atoms with Crippen LogP contribution < -0.4 is 4.74 Å². The lowest BCUT2D eigenvalue weighted by molar-refractivity contribution is 0.252. The molecule has 0 spiro atoms. The molecule has 0 N–H and O–H groups in total. The minimum absolute atomic E-state index is 0.176. The van der Waals surface area contributed by atoms with Gasteiger partial charge in [0.1, 0.15) is 10.8 Å². The fourth-order valence-corrected chi connectivity index (χ4v) is 2.64. The molecule has 1 aromatic heterocycles. The summed E-state index contributed by atoms with van der Waals surface area (Å²) in [7, 11) is 2.01. The molecule has 4 nitrogen and oxygen atoms in total. The summed E-state index contributed by atoms with van der Waals surface area (Å²) in [6, 6.07) is 6.76. The molecule has 0 amide bonds. The van der Waals surface area contributed by atoms with Crippen LogP contribution in [0.4, 0.5) is 4.39 Å². The van der Waals surface area contributed by atoms with E-state index in [0.717, 1.165) is 10.6 Å². The normalized spacial score (nSPS) is 12.7.